The summed E-state index contributed by atoms with van der Waals surface area (Å²) in [6.45, 7) is 1.37. The van der Waals surface area contributed by atoms with Crippen molar-refractivity contribution in [3.8, 4) is 12.3 Å². The number of nitrogens with two attached hydrogens (primary N) is 1. The molecule has 0 aromatic rings. The zero-order chi connectivity index (χ0) is 13.2. The van der Waals surface area contributed by atoms with Crippen LogP contribution in [0.2, 0.25) is 0 Å². The first-order valence-corrected chi connectivity index (χ1v) is 6.79. The number of hydrogen-bond acceptors (Lipinski definition) is 3. The van der Waals surface area contributed by atoms with E-state index in [-0.39, 0.29) is 5.91 Å². The summed E-state index contributed by atoms with van der Waals surface area (Å²) in [6.07, 6.45) is 11.5. The van der Waals surface area contributed by atoms with Gasteiger partial charge in [-0.1, -0.05) is 0 Å². The third-order valence-electron chi connectivity index (χ3n) is 3.21. The number of carbonyl (C=O) groups is 1. The molecule has 0 aliphatic heterocycles. The zero-order valence-electron chi connectivity index (χ0n) is 11.0. The van der Waals surface area contributed by atoms with E-state index < -0.39 is 0 Å². The Hall–Kier alpha value is -1.05. The standard InChI is InChI=1S/C14H24N2O2/c1-2-3-5-14(17)16-10-4-11-18-13-8-6-12(15)7-9-13/h1,12-13H,3-11,15H2,(H,16,17). The summed E-state index contributed by atoms with van der Waals surface area (Å²) in [7, 11) is 0. The van der Waals surface area contributed by atoms with E-state index in [0.717, 1.165) is 32.1 Å². The molecule has 0 radical (unpaired) electrons. The lowest BCUT2D eigenvalue weighted by Gasteiger charge is -2.26. The first-order valence-electron chi connectivity index (χ1n) is 6.79. The van der Waals surface area contributed by atoms with Crippen molar-refractivity contribution in [3.63, 3.8) is 0 Å². The average molecular weight is 252 g/mol. The molecule has 0 bridgehead atoms. The third kappa shape index (κ3) is 6.63. The number of amides is 1. The Morgan fingerprint density at radius 3 is 2.78 bits per heavy atom. The summed E-state index contributed by atoms with van der Waals surface area (Å²) in [5, 5.41) is 2.83. The molecule has 0 spiro atoms. The van der Waals surface area contributed by atoms with E-state index in [4.69, 9.17) is 16.9 Å². The molecule has 18 heavy (non-hydrogen) atoms. The van der Waals surface area contributed by atoms with Crippen LogP contribution in [0.1, 0.15) is 44.9 Å². The highest BCUT2D eigenvalue weighted by Gasteiger charge is 2.18. The Bertz CT molecular complexity index is 278. The Morgan fingerprint density at radius 1 is 1.39 bits per heavy atom. The summed E-state index contributed by atoms with van der Waals surface area (Å²) < 4.78 is 5.76. The highest BCUT2D eigenvalue weighted by atomic mass is 16.5. The molecule has 0 unspecified atom stereocenters. The van der Waals surface area contributed by atoms with Crippen LogP contribution in [0.4, 0.5) is 0 Å². The van der Waals surface area contributed by atoms with Gasteiger partial charge in [-0.3, -0.25) is 4.79 Å². The van der Waals surface area contributed by atoms with Gasteiger partial charge >= 0.3 is 0 Å². The molecule has 0 heterocycles. The molecular weight excluding hydrogens is 228 g/mol. The van der Waals surface area contributed by atoms with Gasteiger partial charge in [0.1, 0.15) is 0 Å². The van der Waals surface area contributed by atoms with Gasteiger partial charge in [0.25, 0.3) is 0 Å². The SMILES string of the molecule is C#CCCC(=O)NCCCOC1CCC(N)CC1. The van der Waals surface area contributed by atoms with E-state index in [1.165, 1.54) is 0 Å². The van der Waals surface area contributed by atoms with Gasteiger partial charge in [0.2, 0.25) is 5.91 Å². The second-order valence-corrected chi connectivity index (χ2v) is 4.82. The predicted octanol–water partition coefficient (Wildman–Crippen LogP) is 1.19. The van der Waals surface area contributed by atoms with Gasteiger partial charge < -0.3 is 15.8 Å². The number of carbonyl (C=O) groups excluding carboxylic acids is 1. The van der Waals surface area contributed by atoms with Crippen LogP contribution < -0.4 is 11.1 Å². The molecule has 0 saturated heterocycles. The van der Waals surface area contributed by atoms with Crippen molar-refractivity contribution < 1.29 is 9.53 Å². The summed E-state index contributed by atoms with van der Waals surface area (Å²) in [5.74, 6) is 2.48. The van der Waals surface area contributed by atoms with Gasteiger partial charge in [0, 0.05) is 32.0 Å². The molecule has 3 N–H and O–H groups in total. The topological polar surface area (TPSA) is 64.3 Å². The smallest absolute Gasteiger partial charge is 0.220 e. The van der Waals surface area contributed by atoms with E-state index in [1.807, 2.05) is 0 Å². The molecule has 1 aliphatic rings. The molecule has 4 nitrogen and oxygen atoms in total. The van der Waals surface area contributed by atoms with Crippen LogP contribution in [-0.4, -0.2) is 31.2 Å². The van der Waals surface area contributed by atoms with Crippen molar-refractivity contribution >= 4 is 5.91 Å². The lowest BCUT2D eigenvalue weighted by Crippen LogP contribution is -2.31. The summed E-state index contributed by atoms with van der Waals surface area (Å²) in [4.78, 5) is 11.2. The molecule has 1 rings (SSSR count). The van der Waals surface area contributed by atoms with Crippen LogP contribution in [0.5, 0.6) is 0 Å². The zero-order valence-corrected chi connectivity index (χ0v) is 11.0. The number of nitrogens with one attached hydrogen (secondary N) is 1. The Kier molecular flexibility index (Phi) is 7.47. The van der Waals surface area contributed by atoms with E-state index in [0.29, 0.717) is 38.1 Å². The number of hydrogen-bond donors (Lipinski definition) is 2. The van der Waals surface area contributed by atoms with Crippen LogP contribution in [0.15, 0.2) is 0 Å². The van der Waals surface area contributed by atoms with E-state index >= 15 is 0 Å². The first-order chi connectivity index (χ1) is 8.72. The second kappa shape index (κ2) is 8.96. The van der Waals surface area contributed by atoms with Crippen LogP contribution in [0, 0.1) is 12.3 Å². The largest absolute Gasteiger partial charge is 0.378 e. The summed E-state index contributed by atoms with van der Waals surface area (Å²) in [6, 6.07) is 0.361. The number of ether oxygens (including phenoxy) is 1. The molecule has 1 saturated carbocycles. The number of rotatable bonds is 7. The van der Waals surface area contributed by atoms with E-state index in [2.05, 4.69) is 11.2 Å². The van der Waals surface area contributed by atoms with E-state index in [1.54, 1.807) is 0 Å². The van der Waals surface area contributed by atoms with Crippen LogP contribution >= 0.6 is 0 Å². The minimum absolute atomic E-state index is 0.0246. The highest BCUT2D eigenvalue weighted by molar-refractivity contribution is 5.76. The molecule has 1 fully saturated rings. The Labute approximate surface area is 110 Å². The maximum Gasteiger partial charge on any atom is 0.220 e. The third-order valence-corrected chi connectivity index (χ3v) is 3.21. The van der Waals surface area contributed by atoms with Gasteiger partial charge in [-0.2, -0.15) is 0 Å². The molecule has 1 amide bonds. The van der Waals surface area contributed by atoms with Crippen LogP contribution in [-0.2, 0) is 9.53 Å². The average Bonchev–Trinajstić information content (AvgIpc) is 2.38. The van der Waals surface area contributed by atoms with Gasteiger partial charge in [-0.05, 0) is 32.1 Å². The quantitative estimate of drug-likeness (QED) is 0.528. The van der Waals surface area contributed by atoms with Crippen LogP contribution in [0.3, 0.4) is 0 Å². The van der Waals surface area contributed by atoms with Crippen molar-refractivity contribution in [1.82, 2.24) is 5.32 Å². The van der Waals surface area contributed by atoms with Gasteiger partial charge in [0.05, 0.1) is 6.10 Å². The number of terminal acetylenes is 1. The van der Waals surface area contributed by atoms with Crippen molar-refractivity contribution in [2.24, 2.45) is 5.73 Å². The normalized spacial score (nSPS) is 23.3. The highest BCUT2D eigenvalue weighted by Crippen LogP contribution is 2.19. The minimum atomic E-state index is 0.0246. The van der Waals surface area contributed by atoms with Crippen LogP contribution in [0.25, 0.3) is 0 Å². The summed E-state index contributed by atoms with van der Waals surface area (Å²) in [5.41, 5.74) is 5.83. The van der Waals surface area contributed by atoms with Gasteiger partial charge in [-0.25, -0.2) is 0 Å². The monoisotopic (exact) mass is 252 g/mol. The Morgan fingerprint density at radius 2 is 2.11 bits per heavy atom. The van der Waals surface area contributed by atoms with Crippen molar-refractivity contribution in [3.05, 3.63) is 0 Å². The molecule has 1 aliphatic carbocycles. The second-order valence-electron chi connectivity index (χ2n) is 4.82. The van der Waals surface area contributed by atoms with Crippen molar-refractivity contribution in [1.29, 1.82) is 0 Å². The van der Waals surface area contributed by atoms with Crippen molar-refractivity contribution in [2.45, 2.75) is 57.1 Å². The molecular formula is C14H24N2O2. The van der Waals surface area contributed by atoms with E-state index in [9.17, 15) is 4.79 Å². The lowest BCUT2D eigenvalue weighted by atomic mass is 9.94. The molecule has 0 aromatic carbocycles. The molecule has 4 heteroatoms. The van der Waals surface area contributed by atoms with Crippen molar-refractivity contribution in [2.75, 3.05) is 13.2 Å². The maximum absolute atomic E-state index is 11.2. The Balaban J connectivity index is 1.92. The van der Waals surface area contributed by atoms with Gasteiger partial charge in [-0.15, -0.1) is 12.3 Å². The molecule has 0 atom stereocenters. The minimum Gasteiger partial charge on any atom is -0.378 e. The fourth-order valence-corrected chi connectivity index (χ4v) is 2.08. The fraction of sp³-hybridized carbons (Fsp3) is 0.786. The van der Waals surface area contributed by atoms with Gasteiger partial charge in [0.15, 0.2) is 0 Å². The molecule has 102 valence electrons. The summed E-state index contributed by atoms with van der Waals surface area (Å²) >= 11 is 0. The first kappa shape index (κ1) is 15.0. The predicted molar refractivity (Wildman–Crippen MR) is 71.9 cm³/mol. The molecule has 0 aromatic heterocycles. The lowest BCUT2D eigenvalue weighted by molar-refractivity contribution is -0.121. The maximum atomic E-state index is 11.2. The fourth-order valence-electron chi connectivity index (χ4n) is 2.08.